The van der Waals surface area contributed by atoms with Gasteiger partial charge in [0.15, 0.2) is 0 Å². The highest BCUT2D eigenvalue weighted by Gasteiger charge is 2.18. The average Bonchev–Trinajstić information content (AvgIpc) is 3.16. The van der Waals surface area contributed by atoms with Gasteiger partial charge in [-0.1, -0.05) is 19.1 Å². The number of anilines is 1. The lowest BCUT2D eigenvalue weighted by Crippen LogP contribution is -2.25. The van der Waals surface area contributed by atoms with Gasteiger partial charge in [0.2, 0.25) is 5.95 Å². The van der Waals surface area contributed by atoms with E-state index in [2.05, 4.69) is 22.3 Å². The first-order chi connectivity index (χ1) is 10.7. The van der Waals surface area contributed by atoms with Crippen molar-refractivity contribution in [3.05, 3.63) is 42.7 Å². The van der Waals surface area contributed by atoms with Gasteiger partial charge in [0.05, 0.1) is 11.0 Å². The number of aromatic nitrogens is 4. The summed E-state index contributed by atoms with van der Waals surface area (Å²) in [5, 5.41) is 7.03. The van der Waals surface area contributed by atoms with Crippen LogP contribution in [0.1, 0.15) is 26.3 Å². The topological polar surface area (TPSA) is 64.7 Å². The highest BCUT2D eigenvalue weighted by atomic mass is 16.2. The molecule has 1 N–H and O–H groups in total. The fraction of sp³-hybridized carbons (Fsp3) is 0.312. The largest absolute Gasteiger partial charge is 0.310 e. The van der Waals surface area contributed by atoms with Gasteiger partial charge in [-0.15, -0.1) is 0 Å². The van der Waals surface area contributed by atoms with Crippen molar-refractivity contribution >= 4 is 22.9 Å². The number of amides is 1. The third-order valence-electron chi connectivity index (χ3n) is 3.64. The second kappa shape index (κ2) is 6.01. The quantitative estimate of drug-likeness (QED) is 0.787. The molecule has 1 atom stereocenters. The first kappa shape index (κ1) is 14.3. The van der Waals surface area contributed by atoms with Gasteiger partial charge in [0.1, 0.15) is 6.04 Å². The second-order valence-corrected chi connectivity index (χ2v) is 5.23. The zero-order chi connectivity index (χ0) is 15.5. The summed E-state index contributed by atoms with van der Waals surface area (Å²) >= 11 is 0. The molecule has 1 aromatic carbocycles. The Labute approximate surface area is 128 Å². The van der Waals surface area contributed by atoms with Gasteiger partial charge in [-0.05, 0) is 31.5 Å². The molecule has 3 rings (SSSR count). The lowest BCUT2D eigenvalue weighted by molar-refractivity contribution is -0.119. The summed E-state index contributed by atoms with van der Waals surface area (Å²) in [5.41, 5.74) is 1.92. The Morgan fingerprint density at radius 2 is 2.14 bits per heavy atom. The zero-order valence-corrected chi connectivity index (χ0v) is 12.7. The van der Waals surface area contributed by atoms with Crippen molar-refractivity contribution in [1.29, 1.82) is 0 Å². The highest BCUT2D eigenvalue weighted by Crippen LogP contribution is 2.20. The van der Waals surface area contributed by atoms with Gasteiger partial charge in [-0.2, -0.15) is 5.10 Å². The van der Waals surface area contributed by atoms with Crippen molar-refractivity contribution in [2.45, 2.75) is 32.9 Å². The lowest BCUT2D eigenvalue weighted by atomic mass is 10.3. The van der Waals surface area contributed by atoms with Crippen LogP contribution >= 0.6 is 0 Å². The molecule has 1 unspecified atom stereocenters. The Kier molecular flexibility index (Phi) is 3.91. The molecule has 2 aromatic heterocycles. The zero-order valence-electron chi connectivity index (χ0n) is 12.7. The number of carbonyl (C=O) groups excluding carboxylic acids is 1. The van der Waals surface area contributed by atoms with Crippen LogP contribution in [0.3, 0.4) is 0 Å². The molecule has 3 aromatic rings. The van der Waals surface area contributed by atoms with Gasteiger partial charge in [0, 0.05) is 18.9 Å². The van der Waals surface area contributed by atoms with Gasteiger partial charge < -0.3 is 4.57 Å². The summed E-state index contributed by atoms with van der Waals surface area (Å²) in [6.07, 6.45) is 4.41. The van der Waals surface area contributed by atoms with E-state index in [0.717, 1.165) is 24.0 Å². The van der Waals surface area contributed by atoms with E-state index in [0.29, 0.717) is 5.95 Å². The number of hydrogen-bond donors (Lipinski definition) is 1. The molecule has 0 aliphatic rings. The molecule has 0 saturated heterocycles. The predicted octanol–water partition coefficient (Wildman–Crippen LogP) is 2.84. The van der Waals surface area contributed by atoms with Crippen LogP contribution in [0.5, 0.6) is 0 Å². The molecule has 1 amide bonds. The fourth-order valence-electron chi connectivity index (χ4n) is 2.47. The molecule has 6 nitrogen and oxygen atoms in total. The second-order valence-electron chi connectivity index (χ2n) is 5.23. The third-order valence-corrected chi connectivity index (χ3v) is 3.64. The molecular formula is C16H19N5O. The van der Waals surface area contributed by atoms with Crippen LogP contribution in [-0.2, 0) is 11.3 Å². The Balaban J connectivity index is 1.89. The van der Waals surface area contributed by atoms with E-state index in [1.54, 1.807) is 23.1 Å². The minimum Gasteiger partial charge on any atom is -0.310 e. The fourth-order valence-corrected chi connectivity index (χ4v) is 2.47. The number of benzene rings is 1. The number of para-hydroxylation sites is 2. The molecule has 114 valence electrons. The summed E-state index contributed by atoms with van der Waals surface area (Å²) in [6.45, 7) is 4.73. The van der Waals surface area contributed by atoms with Crippen LogP contribution in [0, 0.1) is 0 Å². The number of nitrogens with one attached hydrogen (secondary N) is 1. The van der Waals surface area contributed by atoms with Gasteiger partial charge in [-0.3, -0.25) is 14.8 Å². The highest BCUT2D eigenvalue weighted by molar-refractivity contribution is 5.93. The third kappa shape index (κ3) is 2.59. The van der Waals surface area contributed by atoms with Crippen LogP contribution in [0.25, 0.3) is 11.0 Å². The summed E-state index contributed by atoms with van der Waals surface area (Å²) in [6, 6.07) is 9.32. The maximum absolute atomic E-state index is 12.4. The van der Waals surface area contributed by atoms with Crippen LogP contribution in [0.4, 0.5) is 5.95 Å². The number of hydrogen-bond acceptors (Lipinski definition) is 3. The molecule has 0 radical (unpaired) electrons. The van der Waals surface area contributed by atoms with E-state index in [4.69, 9.17) is 0 Å². The van der Waals surface area contributed by atoms with Crippen LogP contribution in [0.2, 0.25) is 0 Å². The molecule has 0 spiro atoms. The molecule has 0 aliphatic heterocycles. The van der Waals surface area contributed by atoms with Crippen LogP contribution in [0.15, 0.2) is 42.7 Å². The Hall–Kier alpha value is -2.63. The standard InChI is InChI=1S/C16H19N5O/c1-3-10-20-14-8-5-4-7-13(14)18-16(20)19-15(22)12(2)21-11-6-9-17-21/h4-9,11-12H,3,10H2,1-2H3,(H,18,19,22). The maximum atomic E-state index is 12.4. The van der Waals surface area contributed by atoms with Crippen molar-refractivity contribution in [3.8, 4) is 0 Å². The first-order valence-corrected chi connectivity index (χ1v) is 7.46. The normalized spacial score (nSPS) is 12.5. The molecule has 6 heteroatoms. The number of nitrogens with zero attached hydrogens (tertiary/aromatic N) is 4. The minimum absolute atomic E-state index is 0.128. The van der Waals surface area contributed by atoms with Crippen molar-refractivity contribution < 1.29 is 4.79 Å². The maximum Gasteiger partial charge on any atom is 0.251 e. The lowest BCUT2D eigenvalue weighted by Gasteiger charge is -2.13. The smallest absolute Gasteiger partial charge is 0.251 e. The van der Waals surface area contributed by atoms with E-state index >= 15 is 0 Å². The summed E-state index contributed by atoms with van der Waals surface area (Å²) in [4.78, 5) is 17.0. The Bertz CT molecular complexity index is 775. The first-order valence-electron chi connectivity index (χ1n) is 7.46. The number of aryl methyl sites for hydroxylation is 1. The summed E-state index contributed by atoms with van der Waals surface area (Å²) in [7, 11) is 0. The van der Waals surface area contributed by atoms with E-state index < -0.39 is 0 Å². The Morgan fingerprint density at radius 1 is 1.32 bits per heavy atom. The van der Waals surface area contributed by atoms with Gasteiger partial charge >= 0.3 is 0 Å². The van der Waals surface area contributed by atoms with E-state index in [1.165, 1.54) is 0 Å². The number of carbonyl (C=O) groups is 1. The SMILES string of the molecule is CCCn1c(NC(=O)C(C)n2cccn2)nc2ccccc21. The average molecular weight is 297 g/mol. The predicted molar refractivity (Wildman–Crippen MR) is 85.6 cm³/mol. The monoisotopic (exact) mass is 297 g/mol. The molecule has 0 saturated carbocycles. The van der Waals surface area contributed by atoms with Gasteiger partial charge in [0.25, 0.3) is 5.91 Å². The summed E-state index contributed by atoms with van der Waals surface area (Å²) < 4.78 is 3.67. The van der Waals surface area contributed by atoms with Crippen molar-refractivity contribution in [3.63, 3.8) is 0 Å². The van der Waals surface area contributed by atoms with Crippen molar-refractivity contribution in [2.75, 3.05) is 5.32 Å². The number of rotatable bonds is 5. The molecule has 2 heterocycles. The van der Waals surface area contributed by atoms with Crippen molar-refractivity contribution in [2.24, 2.45) is 0 Å². The van der Waals surface area contributed by atoms with Gasteiger partial charge in [-0.25, -0.2) is 4.98 Å². The summed E-state index contributed by atoms with van der Waals surface area (Å²) in [5.74, 6) is 0.461. The molecule has 0 aliphatic carbocycles. The van der Waals surface area contributed by atoms with E-state index in [1.807, 2.05) is 35.8 Å². The van der Waals surface area contributed by atoms with Crippen LogP contribution < -0.4 is 5.32 Å². The number of fused-ring (bicyclic) bond motifs is 1. The van der Waals surface area contributed by atoms with Crippen molar-refractivity contribution in [1.82, 2.24) is 19.3 Å². The molecule has 0 bridgehead atoms. The molecule has 22 heavy (non-hydrogen) atoms. The van der Waals surface area contributed by atoms with Crippen LogP contribution in [-0.4, -0.2) is 25.2 Å². The Morgan fingerprint density at radius 3 is 2.86 bits per heavy atom. The minimum atomic E-state index is -0.384. The van der Waals surface area contributed by atoms with E-state index in [9.17, 15) is 4.79 Å². The molecule has 0 fully saturated rings. The number of imidazole rings is 1. The molecular weight excluding hydrogens is 278 g/mol. The van der Waals surface area contributed by atoms with E-state index in [-0.39, 0.29) is 11.9 Å².